The van der Waals surface area contributed by atoms with Crippen molar-refractivity contribution < 1.29 is 42.1 Å². The van der Waals surface area contributed by atoms with E-state index in [2.05, 4.69) is 98.9 Å². The fourth-order valence-corrected chi connectivity index (χ4v) is 12.5. The Kier molecular flexibility index (Phi) is 72.2. The van der Waals surface area contributed by atoms with Crippen LogP contribution in [0.5, 0.6) is 0 Å². The summed E-state index contributed by atoms with van der Waals surface area (Å²) in [6.45, 7) is 4.38. The maximum atomic E-state index is 12.9. The average Bonchev–Trinajstić information content (AvgIpc) is 1.68. The molecular weight excluding hydrogens is 1180 g/mol. The van der Waals surface area contributed by atoms with Gasteiger partial charge in [-0.05, 0) is 89.9 Å². The van der Waals surface area contributed by atoms with Crippen LogP contribution in [0.2, 0.25) is 0 Å². The highest BCUT2D eigenvalue weighted by atomic mass is 31.2. The van der Waals surface area contributed by atoms with E-state index in [1.54, 1.807) is 0 Å². The first-order valence-corrected chi connectivity index (χ1v) is 41.8. The van der Waals surface area contributed by atoms with E-state index in [4.69, 9.17) is 18.5 Å². The van der Waals surface area contributed by atoms with Crippen molar-refractivity contribution in [1.82, 2.24) is 0 Å². The molecule has 0 radical (unpaired) electrons. The molecule has 0 fully saturated rings. The van der Waals surface area contributed by atoms with Crippen LogP contribution in [0.15, 0.2) is 85.1 Å². The molecule has 0 amide bonds. The number of hydrogen-bond donors (Lipinski definition) is 1. The minimum atomic E-state index is -4.40. The number of ether oxygens (including phenoxy) is 2. The quantitative estimate of drug-likeness (QED) is 0.0211. The third-order valence-electron chi connectivity index (χ3n) is 17.9. The lowest BCUT2D eigenvalue weighted by molar-refractivity contribution is -0.870. The summed E-state index contributed by atoms with van der Waals surface area (Å²) in [6, 6.07) is 0. The molecule has 0 aliphatic rings. The first kappa shape index (κ1) is 91.2. The molecule has 0 rings (SSSR count). The van der Waals surface area contributed by atoms with Gasteiger partial charge in [-0.2, -0.15) is 0 Å². The van der Waals surface area contributed by atoms with Gasteiger partial charge >= 0.3 is 19.8 Å². The number of quaternary nitrogens is 1. The Bertz CT molecular complexity index is 1860. The van der Waals surface area contributed by atoms with Crippen molar-refractivity contribution in [2.24, 2.45) is 0 Å². The Hall–Kier alpha value is -2.81. The van der Waals surface area contributed by atoms with Crippen molar-refractivity contribution in [3.63, 3.8) is 0 Å². The van der Waals surface area contributed by atoms with Gasteiger partial charge in [0.1, 0.15) is 19.8 Å². The van der Waals surface area contributed by atoms with Gasteiger partial charge in [0.2, 0.25) is 0 Å². The second kappa shape index (κ2) is 74.4. The van der Waals surface area contributed by atoms with Gasteiger partial charge in [0.15, 0.2) is 6.10 Å². The van der Waals surface area contributed by atoms with E-state index in [0.717, 1.165) is 70.6 Å². The third-order valence-corrected chi connectivity index (χ3v) is 18.9. The van der Waals surface area contributed by atoms with Gasteiger partial charge < -0.3 is 18.9 Å². The number of unbranched alkanes of at least 4 members (excludes halogenated alkanes) is 47. The SMILES string of the molecule is CC/C=C\C/C=C\C/C=C\C/C=C\C/C=C\C/C=C\CCCCCCCCCCCCCCCCCCC(=O)OC(COC(=O)CCCCCCCCCCCCCCCCCCCCCCCCC/C=C\CCCCCCCCCC)COP(=O)(O)OCC[N+](C)(C)C. The summed E-state index contributed by atoms with van der Waals surface area (Å²) < 4.78 is 34.8. The Morgan fingerprint density at radius 3 is 0.915 bits per heavy atom. The first-order valence-electron chi connectivity index (χ1n) is 40.3. The fourth-order valence-electron chi connectivity index (χ4n) is 11.8. The molecule has 0 bridgehead atoms. The standard InChI is InChI=1S/C84H154NO8P/c1-6-8-10-12-14-16-18-20-22-24-26-28-30-32-34-36-38-40-42-44-46-48-50-52-54-56-58-60-62-64-66-68-70-72-74-76-83(86)90-80-82(81-92-94(88,89)91-79-78-85(3,4)5)93-84(87)77-75-73-71-69-67-65-63-61-59-57-55-53-51-49-47-45-43-41-39-37-35-33-31-29-27-25-23-21-19-17-15-13-11-9-7-2/h9,11,15,17,21,23-24,26-27,29,33,35,39,41,82H,6-8,10,12-14,16,18-20,22,25,28,30-32,34,36-38,40,42-81H2,1-5H3/p+1/b11-9-,17-15-,23-21-,26-24-,29-27-,35-33-,41-39-. The van der Waals surface area contributed by atoms with Gasteiger partial charge in [0.25, 0.3) is 0 Å². The molecule has 0 saturated carbocycles. The average molecular weight is 1340 g/mol. The van der Waals surface area contributed by atoms with Crippen molar-refractivity contribution in [1.29, 1.82) is 0 Å². The Labute approximate surface area is 583 Å². The molecule has 0 aromatic rings. The molecule has 0 saturated heterocycles. The topological polar surface area (TPSA) is 108 Å². The predicted molar refractivity (Wildman–Crippen MR) is 409 cm³/mol. The number of hydrogen-bond acceptors (Lipinski definition) is 7. The zero-order chi connectivity index (χ0) is 68.3. The van der Waals surface area contributed by atoms with Crippen LogP contribution in [0.25, 0.3) is 0 Å². The van der Waals surface area contributed by atoms with Gasteiger partial charge in [-0.25, -0.2) is 4.57 Å². The largest absolute Gasteiger partial charge is 0.472 e. The monoisotopic (exact) mass is 1340 g/mol. The Morgan fingerprint density at radius 1 is 0.340 bits per heavy atom. The van der Waals surface area contributed by atoms with E-state index in [9.17, 15) is 19.0 Å². The summed E-state index contributed by atoms with van der Waals surface area (Å²) in [4.78, 5) is 36.0. The van der Waals surface area contributed by atoms with Crippen LogP contribution in [-0.2, 0) is 32.7 Å². The van der Waals surface area contributed by atoms with Crippen molar-refractivity contribution in [3.8, 4) is 0 Å². The van der Waals surface area contributed by atoms with Gasteiger partial charge in [-0.3, -0.25) is 18.6 Å². The van der Waals surface area contributed by atoms with Crippen molar-refractivity contribution >= 4 is 19.8 Å². The molecule has 0 aromatic carbocycles. The van der Waals surface area contributed by atoms with Gasteiger partial charge in [-0.15, -0.1) is 0 Å². The highest BCUT2D eigenvalue weighted by Gasteiger charge is 2.27. The second-order valence-electron chi connectivity index (χ2n) is 28.4. The molecule has 548 valence electrons. The summed E-state index contributed by atoms with van der Waals surface area (Å²) in [5.74, 6) is -0.780. The number of carbonyl (C=O) groups excluding carboxylic acids is 2. The van der Waals surface area contributed by atoms with E-state index in [-0.39, 0.29) is 25.6 Å². The normalized spacial score (nSPS) is 13.5. The van der Waals surface area contributed by atoms with Crippen LogP contribution in [0.1, 0.15) is 386 Å². The summed E-state index contributed by atoms with van der Waals surface area (Å²) >= 11 is 0. The molecule has 2 atom stereocenters. The molecule has 10 heteroatoms. The van der Waals surface area contributed by atoms with Crippen molar-refractivity contribution in [2.75, 3.05) is 47.5 Å². The van der Waals surface area contributed by atoms with Crippen LogP contribution in [0, 0.1) is 0 Å². The van der Waals surface area contributed by atoms with Crippen LogP contribution >= 0.6 is 7.82 Å². The lowest BCUT2D eigenvalue weighted by atomic mass is 10.0. The predicted octanol–water partition coefficient (Wildman–Crippen LogP) is 26.8. The van der Waals surface area contributed by atoms with E-state index in [1.807, 2.05) is 21.1 Å². The van der Waals surface area contributed by atoms with Crippen LogP contribution in [0.3, 0.4) is 0 Å². The fraction of sp³-hybridized carbons (Fsp3) is 0.810. The van der Waals surface area contributed by atoms with E-state index < -0.39 is 26.5 Å². The minimum absolute atomic E-state index is 0.0319. The zero-order valence-electron chi connectivity index (χ0n) is 62.7. The molecule has 9 nitrogen and oxygen atoms in total. The van der Waals surface area contributed by atoms with Gasteiger partial charge in [0, 0.05) is 12.8 Å². The number of likely N-dealkylation sites (N-methyl/N-ethyl adjacent to an activating group) is 1. The van der Waals surface area contributed by atoms with E-state index in [0.29, 0.717) is 23.9 Å². The van der Waals surface area contributed by atoms with Crippen LogP contribution < -0.4 is 0 Å². The number of phosphoric acid groups is 1. The Balaban J connectivity index is 3.94. The molecule has 0 aliphatic carbocycles. The minimum Gasteiger partial charge on any atom is -0.462 e. The number of carbonyl (C=O) groups is 2. The van der Waals surface area contributed by atoms with E-state index >= 15 is 0 Å². The molecular formula is C84H155NO8P+. The number of esters is 2. The zero-order valence-corrected chi connectivity index (χ0v) is 63.6. The van der Waals surface area contributed by atoms with Gasteiger partial charge in [-0.1, -0.05) is 369 Å². The molecule has 2 unspecified atom stereocenters. The van der Waals surface area contributed by atoms with Crippen molar-refractivity contribution in [2.45, 2.75) is 392 Å². The lowest BCUT2D eigenvalue weighted by Gasteiger charge is -2.24. The van der Waals surface area contributed by atoms with Gasteiger partial charge in [0.05, 0.1) is 27.7 Å². The lowest BCUT2D eigenvalue weighted by Crippen LogP contribution is -2.37. The van der Waals surface area contributed by atoms with Crippen LogP contribution in [-0.4, -0.2) is 74.9 Å². The van der Waals surface area contributed by atoms with Crippen molar-refractivity contribution in [3.05, 3.63) is 85.1 Å². The number of phosphoric ester groups is 1. The molecule has 1 N–H and O–H groups in total. The maximum Gasteiger partial charge on any atom is 0.472 e. The number of allylic oxidation sites excluding steroid dienone is 14. The first-order chi connectivity index (χ1) is 46.0. The summed E-state index contributed by atoms with van der Waals surface area (Å²) in [6.07, 6.45) is 103. The highest BCUT2D eigenvalue weighted by molar-refractivity contribution is 7.47. The molecule has 0 spiro atoms. The molecule has 0 aliphatic heterocycles. The highest BCUT2D eigenvalue weighted by Crippen LogP contribution is 2.43. The number of rotatable bonds is 75. The van der Waals surface area contributed by atoms with Crippen LogP contribution in [0.4, 0.5) is 0 Å². The number of nitrogens with zero attached hydrogens (tertiary/aromatic N) is 1. The van der Waals surface area contributed by atoms with E-state index in [1.165, 1.54) is 283 Å². The molecule has 0 aromatic heterocycles. The Morgan fingerprint density at radius 2 is 0.606 bits per heavy atom. The molecule has 0 heterocycles. The second-order valence-corrected chi connectivity index (χ2v) is 29.9. The summed E-state index contributed by atoms with van der Waals surface area (Å²) in [7, 11) is 1.49. The molecule has 94 heavy (non-hydrogen) atoms. The summed E-state index contributed by atoms with van der Waals surface area (Å²) in [5.41, 5.74) is 0. The smallest absolute Gasteiger partial charge is 0.462 e. The summed E-state index contributed by atoms with van der Waals surface area (Å²) in [5, 5.41) is 0. The maximum absolute atomic E-state index is 12.9. The third kappa shape index (κ3) is 78.2.